The molecule has 0 saturated heterocycles. The van der Waals surface area contributed by atoms with E-state index < -0.39 is 19.1 Å². The molecule has 3 nitrogen and oxygen atoms in total. The van der Waals surface area contributed by atoms with Crippen LogP contribution >= 0.6 is 0 Å². The standard InChI is InChI=1S/C7H11BF3N2O/c1-6(2)13-4-3-12(7(13)14)5-8(9,10)11/h3-4,6H,5H2,1-2H3/q-1. The molecule has 1 rings (SSSR count). The fourth-order valence-electron chi connectivity index (χ4n) is 1.18. The second-order valence-electron chi connectivity index (χ2n) is 3.44. The van der Waals surface area contributed by atoms with Gasteiger partial charge in [0.1, 0.15) is 0 Å². The normalized spacial score (nSPS) is 12.4. The molecule has 0 bridgehead atoms. The first-order valence-corrected chi connectivity index (χ1v) is 4.29. The largest absolute Gasteiger partial charge is 0.497 e. The van der Waals surface area contributed by atoms with Crippen molar-refractivity contribution in [2.75, 3.05) is 0 Å². The van der Waals surface area contributed by atoms with Crippen LogP contribution in [0, 0.1) is 0 Å². The highest BCUT2D eigenvalue weighted by atomic mass is 19.4. The zero-order chi connectivity index (χ0) is 10.9. The van der Waals surface area contributed by atoms with Gasteiger partial charge in [-0.05, 0) is 20.3 Å². The van der Waals surface area contributed by atoms with Crippen molar-refractivity contribution >= 4 is 6.98 Å². The summed E-state index contributed by atoms with van der Waals surface area (Å²) in [5.41, 5.74) is -0.612. The van der Waals surface area contributed by atoms with Crippen molar-refractivity contribution in [1.82, 2.24) is 9.13 Å². The molecule has 14 heavy (non-hydrogen) atoms. The van der Waals surface area contributed by atoms with Crippen molar-refractivity contribution < 1.29 is 12.9 Å². The van der Waals surface area contributed by atoms with E-state index in [0.717, 1.165) is 6.20 Å². The summed E-state index contributed by atoms with van der Waals surface area (Å²) in [6.07, 6.45) is 1.37. The molecule has 80 valence electrons. The van der Waals surface area contributed by atoms with Crippen LogP contribution < -0.4 is 5.69 Å². The van der Waals surface area contributed by atoms with Gasteiger partial charge in [-0.2, -0.15) is 0 Å². The van der Waals surface area contributed by atoms with Crippen LogP contribution in [0.2, 0.25) is 0 Å². The van der Waals surface area contributed by atoms with Crippen molar-refractivity contribution in [1.29, 1.82) is 0 Å². The number of nitrogens with zero attached hydrogens (tertiary/aromatic N) is 2. The first kappa shape index (κ1) is 10.9. The summed E-state index contributed by atoms with van der Waals surface area (Å²) >= 11 is 0. The molecule has 0 amide bonds. The Morgan fingerprint density at radius 3 is 2.29 bits per heavy atom. The fourth-order valence-corrected chi connectivity index (χ4v) is 1.18. The van der Waals surface area contributed by atoms with Crippen LogP contribution in [-0.2, 0) is 6.44 Å². The number of halogens is 3. The molecular weight excluding hydrogens is 196 g/mol. The Balaban J connectivity index is 2.97. The van der Waals surface area contributed by atoms with Crippen molar-refractivity contribution in [3.63, 3.8) is 0 Å². The molecule has 0 atom stereocenters. The van der Waals surface area contributed by atoms with Crippen LogP contribution in [0.1, 0.15) is 19.9 Å². The zero-order valence-electron chi connectivity index (χ0n) is 7.95. The van der Waals surface area contributed by atoms with Gasteiger partial charge in [0, 0.05) is 18.4 Å². The van der Waals surface area contributed by atoms with E-state index in [2.05, 4.69) is 0 Å². The van der Waals surface area contributed by atoms with Gasteiger partial charge in [-0.1, -0.05) is 0 Å². The predicted molar refractivity (Wildman–Crippen MR) is 48.2 cm³/mol. The Morgan fingerprint density at radius 2 is 1.93 bits per heavy atom. The van der Waals surface area contributed by atoms with E-state index in [1.165, 1.54) is 10.8 Å². The molecular formula is C7H11BF3N2O-. The van der Waals surface area contributed by atoms with Crippen LogP contribution in [0.5, 0.6) is 0 Å². The maximum absolute atomic E-state index is 12.0. The summed E-state index contributed by atoms with van der Waals surface area (Å²) in [5.74, 6) is 0. The van der Waals surface area contributed by atoms with E-state index in [-0.39, 0.29) is 6.04 Å². The van der Waals surface area contributed by atoms with Gasteiger partial charge >= 0.3 is 12.7 Å². The lowest BCUT2D eigenvalue weighted by molar-refractivity contribution is 0.439. The highest BCUT2D eigenvalue weighted by Gasteiger charge is 2.24. The molecule has 1 heterocycles. The lowest BCUT2D eigenvalue weighted by Gasteiger charge is -2.13. The molecule has 0 unspecified atom stereocenters. The summed E-state index contributed by atoms with van der Waals surface area (Å²) in [5, 5.41) is 0. The molecule has 0 radical (unpaired) electrons. The van der Waals surface area contributed by atoms with Crippen molar-refractivity contribution in [2.45, 2.75) is 26.3 Å². The van der Waals surface area contributed by atoms with Crippen molar-refractivity contribution in [2.24, 2.45) is 0 Å². The number of rotatable bonds is 3. The molecule has 0 aliphatic heterocycles. The molecule has 0 spiro atoms. The highest BCUT2D eigenvalue weighted by Crippen LogP contribution is 2.10. The Bertz CT molecular complexity index is 366. The van der Waals surface area contributed by atoms with Crippen LogP contribution in [0.15, 0.2) is 17.2 Å². The number of aromatic nitrogens is 2. The SMILES string of the molecule is CC(C)n1ccn(C[B-](F)(F)F)c1=O. The van der Waals surface area contributed by atoms with Gasteiger partial charge < -0.3 is 17.5 Å². The minimum atomic E-state index is -4.96. The monoisotopic (exact) mass is 207 g/mol. The topological polar surface area (TPSA) is 26.9 Å². The van der Waals surface area contributed by atoms with Gasteiger partial charge in [0.2, 0.25) is 0 Å². The molecule has 0 saturated carbocycles. The minimum absolute atomic E-state index is 0.121. The Labute approximate surface area is 79.2 Å². The Morgan fingerprint density at radius 1 is 1.36 bits per heavy atom. The lowest BCUT2D eigenvalue weighted by Crippen LogP contribution is -2.33. The van der Waals surface area contributed by atoms with Gasteiger partial charge in [0.25, 0.3) is 0 Å². The second-order valence-corrected chi connectivity index (χ2v) is 3.44. The molecule has 0 aliphatic rings. The van der Waals surface area contributed by atoms with Crippen LogP contribution in [0.3, 0.4) is 0 Å². The van der Waals surface area contributed by atoms with Gasteiger partial charge in [-0.3, -0.25) is 4.57 Å². The summed E-state index contributed by atoms with van der Waals surface area (Å²) in [7, 11) is 0. The lowest BCUT2D eigenvalue weighted by atomic mass is 9.92. The van der Waals surface area contributed by atoms with E-state index in [1.54, 1.807) is 13.8 Å². The van der Waals surface area contributed by atoms with E-state index in [9.17, 15) is 17.7 Å². The van der Waals surface area contributed by atoms with Crippen LogP contribution in [0.4, 0.5) is 12.9 Å². The maximum Gasteiger partial charge on any atom is 0.497 e. The number of hydrogen-bond donors (Lipinski definition) is 0. The van der Waals surface area contributed by atoms with E-state index in [1.807, 2.05) is 0 Å². The molecule has 0 fully saturated rings. The van der Waals surface area contributed by atoms with Gasteiger partial charge in [0.15, 0.2) is 0 Å². The maximum atomic E-state index is 12.0. The fraction of sp³-hybridized carbons (Fsp3) is 0.571. The van der Waals surface area contributed by atoms with Crippen LogP contribution in [-0.4, -0.2) is 16.1 Å². The molecule has 7 heteroatoms. The molecule has 0 aromatic carbocycles. The molecule has 0 aliphatic carbocycles. The highest BCUT2D eigenvalue weighted by molar-refractivity contribution is 6.57. The van der Waals surface area contributed by atoms with E-state index in [4.69, 9.17) is 0 Å². The Hall–Kier alpha value is -1.14. The van der Waals surface area contributed by atoms with Gasteiger partial charge in [-0.25, -0.2) is 4.79 Å². The molecule has 1 aromatic rings. The third kappa shape index (κ3) is 2.43. The molecule has 0 N–H and O–H groups in total. The van der Waals surface area contributed by atoms with E-state index >= 15 is 0 Å². The summed E-state index contributed by atoms with van der Waals surface area (Å²) < 4.78 is 38.0. The van der Waals surface area contributed by atoms with Gasteiger partial charge in [0.05, 0.1) is 0 Å². The van der Waals surface area contributed by atoms with Crippen LogP contribution in [0.25, 0.3) is 0 Å². The molecule has 1 aromatic heterocycles. The third-order valence-electron chi connectivity index (χ3n) is 1.83. The first-order valence-electron chi connectivity index (χ1n) is 4.29. The number of hydrogen-bond acceptors (Lipinski definition) is 1. The summed E-state index contributed by atoms with van der Waals surface area (Å²) in [6.45, 7) is -1.48. The van der Waals surface area contributed by atoms with E-state index in [0.29, 0.717) is 4.57 Å². The second kappa shape index (κ2) is 3.55. The zero-order valence-corrected chi connectivity index (χ0v) is 7.95. The Kier molecular flexibility index (Phi) is 2.77. The summed E-state index contributed by atoms with van der Waals surface area (Å²) in [6, 6.07) is -0.121. The summed E-state index contributed by atoms with van der Waals surface area (Å²) in [4.78, 5) is 11.3. The first-order chi connectivity index (χ1) is 6.31. The third-order valence-corrected chi connectivity index (χ3v) is 1.83. The average molecular weight is 207 g/mol. The van der Waals surface area contributed by atoms with Gasteiger partial charge in [-0.15, -0.1) is 0 Å². The smallest absolute Gasteiger partial charge is 0.448 e. The number of imidazole rings is 1. The average Bonchev–Trinajstić information content (AvgIpc) is 2.29. The predicted octanol–water partition coefficient (Wildman–Crippen LogP) is 1.62. The van der Waals surface area contributed by atoms with Crippen molar-refractivity contribution in [3.8, 4) is 0 Å². The van der Waals surface area contributed by atoms with Crippen molar-refractivity contribution in [3.05, 3.63) is 22.9 Å². The quantitative estimate of drug-likeness (QED) is 0.691. The minimum Gasteiger partial charge on any atom is -0.448 e.